The lowest BCUT2D eigenvalue weighted by Crippen LogP contribution is -2.12. The molecule has 0 aliphatic rings. The van der Waals surface area contributed by atoms with Crippen LogP contribution in [0.25, 0.3) is 17.1 Å². The Morgan fingerprint density at radius 1 is 1.18 bits per heavy atom. The highest BCUT2D eigenvalue weighted by Gasteiger charge is 2.11. The van der Waals surface area contributed by atoms with Crippen molar-refractivity contribution in [2.75, 3.05) is 5.32 Å². The number of nitrogens with one attached hydrogen (secondary N) is 1. The molecule has 0 bridgehead atoms. The van der Waals surface area contributed by atoms with Crippen LogP contribution in [-0.2, 0) is 11.2 Å². The molecular weight excluding hydrogens is 382 g/mol. The number of halogens is 1. The Bertz CT molecular complexity index is 1080. The lowest BCUT2D eigenvalue weighted by molar-refractivity contribution is -0.116. The molecule has 0 aliphatic carbocycles. The maximum absolute atomic E-state index is 12.2. The second-order valence-electron chi connectivity index (χ2n) is 5.87. The summed E-state index contributed by atoms with van der Waals surface area (Å²) in [6, 6.07) is 14.3. The average Bonchev–Trinajstić information content (AvgIpc) is 3.40. The molecule has 2 aromatic carbocycles. The summed E-state index contributed by atoms with van der Waals surface area (Å²) in [6.07, 6.45) is 2.02. The number of carbonyl (C=O) groups is 1. The van der Waals surface area contributed by atoms with E-state index in [0.29, 0.717) is 28.8 Å². The van der Waals surface area contributed by atoms with Crippen molar-refractivity contribution in [3.63, 3.8) is 0 Å². The molecule has 2 aromatic heterocycles. The van der Waals surface area contributed by atoms with Crippen LogP contribution in [0, 0.1) is 0 Å². The first-order chi connectivity index (χ1) is 13.7. The molecule has 0 aliphatic heterocycles. The summed E-state index contributed by atoms with van der Waals surface area (Å²) in [7, 11) is 0. The number of tetrazole rings is 1. The van der Waals surface area contributed by atoms with E-state index in [9.17, 15) is 4.79 Å². The normalized spacial score (nSPS) is 10.8. The van der Waals surface area contributed by atoms with Crippen molar-refractivity contribution in [2.24, 2.45) is 0 Å². The number of amides is 1. The molecule has 0 saturated heterocycles. The van der Waals surface area contributed by atoms with Crippen molar-refractivity contribution in [3.8, 4) is 17.1 Å². The van der Waals surface area contributed by atoms with Gasteiger partial charge in [0, 0.05) is 29.1 Å². The molecule has 10 heteroatoms. The molecule has 28 heavy (non-hydrogen) atoms. The highest BCUT2D eigenvalue weighted by molar-refractivity contribution is 6.30. The Morgan fingerprint density at radius 3 is 2.82 bits per heavy atom. The predicted octanol–water partition coefficient (Wildman–Crippen LogP) is 2.94. The summed E-state index contributed by atoms with van der Waals surface area (Å²) in [4.78, 5) is 16.5. The number of rotatable bonds is 6. The van der Waals surface area contributed by atoms with Gasteiger partial charge in [0.25, 0.3) is 0 Å². The third-order valence-electron chi connectivity index (χ3n) is 3.88. The summed E-state index contributed by atoms with van der Waals surface area (Å²) >= 11 is 5.87. The van der Waals surface area contributed by atoms with E-state index in [1.165, 1.54) is 11.0 Å². The van der Waals surface area contributed by atoms with E-state index in [2.05, 4.69) is 31.0 Å². The molecule has 4 aromatic rings. The molecule has 0 fully saturated rings. The fourth-order valence-electron chi connectivity index (χ4n) is 2.52. The Balaban J connectivity index is 1.35. The van der Waals surface area contributed by atoms with Crippen LogP contribution in [0.5, 0.6) is 0 Å². The SMILES string of the molecule is O=C(CCc1nc(-c2ccc(Cl)cc2)no1)Nc1cccc(-n2cnnn2)c1. The van der Waals surface area contributed by atoms with Crippen LogP contribution in [0.1, 0.15) is 12.3 Å². The molecule has 140 valence electrons. The van der Waals surface area contributed by atoms with Crippen LogP contribution in [0.15, 0.2) is 59.4 Å². The maximum Gasteiger partial charge on any atom is 0.227 e. The highest BCUT2D eigenvalue weighted by Crippen LogP contribution is 2.19. The minimum absolute atomic E-state index is 0.167. The maximum atomic E-state index is 12.2. The van der Waals surface area contributed by atoms with E-state index in [4.69, 9.17) is 16.1 Å². The molecule has 0 unspecified atom stereocenters. The van der Waals surface area contributed by atoms with E-state index >= 15 is 0 Å². The zero-order valence-corrected chi connectivity index (χ0v) is 15.2. The Kier molecular flexibility index (Phi) is 5.07. The summed E-state index contributed by atoms with van der Waals surface area (Å²) in [6.45, 7) is 0. The Morgan fingerprint density at radius 2 is 2.04 bits per heavy atom. The van der Waals surface area contributed by atoms with Gasteiger partial charge >= 0.3 is 0 Å². The standard InChI is InChI=1S/C18H14ClN7O2/c19-13-6-4-12(5-7-13)18-22-17(28-23-18)9-8-16(27)21-14-2-1-3-15(10-14)26-11-20-24-25-26/h1-7,10-11H,8-9H2,(H,21,27). The Labute approximate surface area is 164 Å². The van der Waals surface area contributed by atoms with E-state index in [-0.39, 0.29) is 12.3 Å². The predicted molar refractivity (Wildman–Crippen MR) is 101 cm³/mol. The monoisotopic (exact) mass is 395 g/mol. The van der Waals surface area contributed by atoms with Gasteiger partial charge in [-0.05, 0) is 52.9 Å². The first kappa shape index (κ1) is 17.8. The number of hydrogen-bond acceptors (Lipinski definition) is 7. The first-order valence-electron chi connectivity index (χ1n) is 8.39. The summed E-state index contributed by atoms with van der Waals surface area (Å²) in [5.41, 5.74) is 2.18. The molecule has 1 N–H and O–H groups in total. The third kappa shape index (κ3) is 4.21. The van der Waals surface area contributed by atoms with E-state index in [1.54, 1.807) is 36.4 Å². The van der Waals surface area contributed by atoms with Crippen molar-refractivity contribution >= 4 is 23.2 Å². The number of aromatic nitrogens is 6. The number of anilines is 1. The number of hydrogen-bond donors (Lipinski definition) is 1. The minimum atomic E-state index is -0.167. The van der Waals surface area contributed by atoms with Gasteiger partial charge in [0.2, 0.25) is 17.6 Å². The fourth-order valence-corrected chi connectivity index (χ4v) is 2.65. The molecule has 1 amide bonds. The molecule has 9 nitrogen and oxygen atoms in total. The van der Waals surface area contributed by atoms with Gasteiger partial charge in [-0.15, -0.1) is 5.10 Å². The van der Waals surface area contributed by atoms with Crippen LogP contribution >= 0.6 is 11.6 Å². The zero-order chi connectivity index (χ0) is 19.3. The highest BCUT2D eigenvalue weighted by atomic mass is 35.5. The van der Waals surface area contributed by atoms with Crippen molar-refractivity contribution in [1.29, 1.82) is 0 Å². The molecule has 0 radical (unpaired) electrons. The molecule has 0 spiro atoms. The van der Waals surface area contributed by atoms with Crippen LogP contribution in [0.3, 0.4) is 0 Å². The van der Waals surface area contributed by atoms with Crippen LogP contribution in [0.2, 0.25) is 5.02 Å². The van der Waals surface area contributed by atoms with Crippen molar-refractivity contribution in [1.82, 2.24) is 30.3 Å². The molecular formula is C18H14ClN7O2. The van der Waals surface area contributed by atoms with Crippen LogP contribution < -0.4 is 5.32 Å². The lowest BCUT2D eigenvalue weighted by Gasteiger charge is -2.06. The quantitative estimate of drug-likeness (QED) is 0.534. The molecule has 0 atom stereocenters. The number of carbonyl (C=O) groups excluding carboxylic acids is 1. The van der Waals surface area contributed by atoms with E-state index < -0.39 is 0 Å². The second-order valence-corrected chi connectivity index (χ2v) is 6.31. The number of aryl methyl sites for hydroxylation is 1. The van der Waals surface area contributed by atoms with E-state index in [0.717, 1.165) is 11.3 Å². The van der Waals surface area contributed by atoms with Gasteiger partial charge in [0.05, 0.1) is 5.69 Å². The summed E-state index contributed by atoms with van der Waals surface area (Å²) in [5, 5.41) is 18.4. The van der Waals surface area contributed by atoms with Gasteiger partial charge in [-0.1, -0.05) is 22.8 Å². The molecule has 4 rings (SSSR count). The number of nitrogens with zero attached hydrogens (tertiary/aromatic N) is 6. The first-order valence-corrected chi connectivity index (χ1v) is 8.77. The Hall–Kier alpha value is -3.59. The lowest BCUT2D eigenvalue weighted by atomic mass is 10.2. The van der Waals surface area contributed by atoms with Gasteiger partial charge in [-0.3, -0.25) is 4.79 Å². The molecule has 0 saturated carbocycles. The fraction of sp³-hybridized carbons (Fsp3) is 0.111. The van der Waals surface area contributed by atoms with Crippen molar-refractivity contribution in [3.05, 3.63) is 65.8 Å². The zero-order valence-electron chi connectivity index (χ0n) is 14.5. The van der Waals surface area contributed by atoms with Crippen LogP contribution in [0.4, 0.5) is 5.69 Å². The summed E-state index contributed by atoms with van der Waals surface area (Å²) in [5.74, 6) is 0.684. The average molecular weight is 396 g/mol. The van der Waals surface area contributed by atoms with Gasteiger partial charge in [0.15, 0.2) is 0 Å². The second kappa shape index (κ2) is 7.97. The van der Waals surface area contributed by atoms with Crippen molar-refractivity contribution in [2.45, 2.75) is 12.8 Å². The largest absolute Gasteiger partial charge is 0.339 e. The smallest absolute Gasteiger partial charge is 0.227 e. The number of benzene rings is 2. The molecule has 2 heterocycles. The van der Waals surface area contributed by atoms with Gasteiger partial charge in [-0.2, -0.15) is 4.98 Å². The van der Waals surface area contributed by atoms with Gasteiger partial charge in [-0.25, -0.2) is 4.68 Å². The third-order valence-corrected chi connectivity index (χ3v) is 4.13. The van der Waals surface area contributed by atoms with E-state index in [1.807, 2.05) is 12.1 Å². The van der Waals surface area contributed by atoms with Crippen LogP contribution in [-0.4, -0.2) is 36.3 Å². The minimum Gasteiger partial charge on any atom is -0.339 e. The summed E-state index contributed by atoms with van der Waals surface area (Å²) < 4.78 is 6.72. The van der Waals surface area contributed by atoms with Crippen molar-refractivity contribution < 1.29 is 9.32 Å². The van der Waals surface area contributed by atoms with Gasteiger partial charge in [0.1, 0.15) is 6.33 Å². The topological polar surface area (TPSA) is 112 Å². The van der Waals surface area contributed by atoms with Gasteiger partial charge < -0.3 is 9.84 Å².